The summed E-state index contributed by atoms with van der Waals surface area (Å²) in [5.41, 5.74) is 1.81. The van der Waals surface area contributed by atoms with Crippen molar-refractivity contribution in [1.82, 2.24) is 19.7 Å². The SMILES string of the molecule is Cn1nccc1C(=O)N1CCC[C@H](c2ncc(Cc3ccccc3)o2)C1. The maximum Gasteiger partial charge on any atom is 0.272 e. The third kappa shape index (κ3) is 3.40. The van der Waals surface area contributed by atoms with Crippen molar-refractivity contribution in [3.8, 4) is 0 Å². The van der Waals surface area contributed by atoms with Crippen LogP contribution in [0.3, 0.4) is 0 Å². The van der Waals surface area contributed by atoms with Crippen molar-refractivity contribution in [3.63, 3.8) is 0 Å². The minimum Gasteiger partial charge on any atom is -0.445 e. The molecule has 1 aliphatic rings. The Morgan fingerprint density at radius 3 is 2.88 bits per heavy atom. The molecule has 6 nitrogen and oxygen atoms in total. The van der Waals surface area contributed by atoms with Gasteiger partial charge >= 0.3 is 0 Å². The van der Waals surface area contributed by atoms with E-state index in [1.165, 1.54) is 5.56 Å². The molecule has 0 unspecified atom stereocenters. The maximum atomic E-state index is 12.7. The third-order valence-electron chi connectivity index (χ3n) is 4.89. The van der Waals surface area contributed by atoms with E-state index < -0.39 is 0 Å². The summed E-state index contributed by atoms with van der Waals surface area (Å²) in [5.74, 6) is 1.76. The summed E-state index contributed by atoms with van der Waals surface area (Å²) in [4.78, 5) is 19.1. The number of hydrogen-bond donors (Lipinski definition) is 0. The number of amides is 1. The van der Waals surface area contributed by atoms with Gasteiger partial charge in [-0.3, -0.25) is 9.48 Å². The molecule has 0 bridgehead atoms. The second kappa shape index (κ2) is 7.15. The first-order chi connectivity index (χ1) is 12.7. The molecule has 0 saturated carbocycles. The van der Waals surface area contributed by atoms with Crippen molar-refractivity contribution in [2.24, 2.45) is 7.05 Å². The molecular weight excluding hydrogens is 328 g/mol. The minimum atomic E-state index is 0.0192. The van der Waals surface area contributed by atoms with Crippen molar-refractivity contribution < 1.29 is 9.21 Å². The van der Waals surface area contributed by atoms with Crippen LogP contribution in [0.15, 0.2) is 53.2 Å². The minimum absolute atomic E-state index is 0.0192. The average Bonchev–Trinajstić information content (AvgIpc) is 3.31. The van der Waals surface area contributed by atoms with Crippen molar-refractivity contribution in [2.75, 3.05) is 13.1 Å². The van der Waals surface area contributed by atoms with Crippen LogP contribution in [0, 0.1) is 0 Å². The van der Waals surface area contributed by atoms with Gasteiger partial charge < -0.3 is 9.32 Å². The molecule has 2 aromatic heterocycles. The lowest BCUT2D eigenvalue weighted by Crippen LogP contribution is -2.40. The molecule has 26 heavy (non-hydrogen) atoms. The average molecular weight is 350 g/mol. The van der Waals surface area contributed by atoms with E-state index in [0.29, 0.717) is 12.2 Å². The Morgan fingerprint density at radius 2 is 2.12 bits per heavy atom. The van der Waals surface area contributed by atoms with Gasteiger partial charge in [-0.2, -0.15) is 5.10 Å². The third-order valence-corrected chi connectivity index (χ3v) is 4.89. The molecular formula is C20H22N4O2. The van der Waals surface area contributed by atoms with Gasteiger partial charge in [-0.25, -0.2) is 4.98 Å². The number of piperidine rings is 1. The van der Waals surface area contributed by atoms with E-state index in [9.17, 15) is 4.79 Å². The highest BCUT2D eigenvalue weighted by Crippen LogP contribution is 2.28. The van der Waals surface area contributed by atoms with E-state index in [1.54, 1.807) is 24.0 Å². The Kier molecular flexibility index (Phi) is 4.56. The van der Waals surface area contributed by atoms with Gasteiger partial charge in [0.25, 0.3) is 5.91 Å². The number of carbonyl (C=O) groups excluding carboxylic acids is 1. The summed E-state index contributed by atoms with van der Waals surface area (Å²) in [7, 11) is 1.79. The van der Waals surface area contributed by atoms with Gasteiger partial charge in [0.2, 0.25) is 0 Å². The summed E-state index contributed by atoms with van der Waals surface area (Å²) in [6.07, 6.45) is 6.13. The van der Waals surface area contributed by atoms with Gasteiger partial charge in [-0.05, 0) is 24.5 Å². The van der Waals surface area contributed by atoms with Crippen molar-refractivity contribution in [2.45, 2.75) is 25.2 Å². The van der Waals surface area contributed by atoms with E-state index >= 15 is 0 Å². The van der Waals surface area contributed by atoms with Crippen molar-refractivity contribution in [3.05, 3.63) is 71.7 Å². The lowest BCUT2D eigenvalue weighted by Gasteiger charge is -2.31. The quantitative estimate of drug-likeness (QED) is 0.725. The molecule has 4 rings (SSSR count). The van der Waals surface area contributed by atoms with Gasteiger partial charge in [0.05, 0.1) is 12.1 Å². The van der Waals surface area contributed by atoms with Crippen molar-refractivity contribution in [1.29, 1.82) is 0 Å². The monoisotopic (exact) mass is 350 g/mol. The molecule has 134 valence electrons. The fourth-order valence-electron chi connectivity index (χ4n) is 3.50. The zero-order valence-electron chi connectivity index (χ0n) is 14.8. The Balaban J connectivity index is 1.45. The number of hydrogen-bond acceptors (Lipinski definition) is 4. The van der Waals surface area contributed by atoms with Gasteiger partial charge in [0, 0.05) is 32.8 Å². The largest absolute Gasteiger partial charge is 0.445 e. The highest BCUT2D eigenvalue weighted by molar-refractivity contribution is 5.92. The van der Waals surface area contributed by atoms with Crippen LogP contribution in [-0.4, -0.2) is 38.7 Å². The number of aryl methyl sites for hydroxylation is 1. The molecule has 1 fully saturated rings. The fourth-order valence-corrected chi connectivity index (χ4v) is 3.50. The van der Waals surface area contributed by atoms with Crippen LogP contribution in [0.4, 0.5) is 0 Å². The van der Waals surface area contributed by atoms with E-state index in [0.717, 1.165) is 37.5 Å². The fraction of sp³-hybridized carbons (Fsp3) is 0.350. The normalized spacial score (nSPS) is 17.4. The second-order valence-corrected chi connectivity index (χ2v) is 6.76. The van der Waals surface area contributed by atoms with Gasteiger partial charge in [-0.15, -0.1) is 0 Å². The Bertz CT molecular complexity index is 884. The highest BCUT2D eigenvalue weighted by atomic mass is 16.4. The smallest absolute Gasteiger partial charge is 0.272 e. The molecule has 3 aromatic rings. The number of likely N-dealkylation sites (tertiary alicyclic amines) is 1. The standard InChI is InChI=1S/C20H22N4O2/c1-23-18(9-10-22-23)20(25)24-11-5-8-16(14-24)19-21-13-17(26-19)12-15-6-3-2-4-7-15/h2-4,6-7,9-10,13,16H,5,8,11-12,14H2,1H3/t16-/m0/s1. The van der Waals surface area contributed by atoms with Crippen LogP contribution >= 0.6 is 0 Å². The summed E-state index contributed by atoms with van der Waals surface area (Å²) in [6, 6.07) is 12.0. The van der Waals surface area contributed by atoms with Crippen molar-refractivity contribution >= 4 is 5.91 Å². The molecule has 0 N–H and O–H groups in total. The van der Waals surface area contributed by atoms with Gasteiger partial charge in [0.1, 0.15) is 11.5 Å². The van der Waals surface area contributed by atoms with Gasteiger partial charge in [-0.1, -0.05) is 30.3 Å². The first kappa shape index (κ1) is 16.6. The Morgan fingerprint density at radius 1 is 1.27 bits per heavy atom. The van der Waals surface area contributed by atoms with Crippen LogP contribution in [0.25, 0.3) is 0 Å². The lowest BCUT2D eigenvalue weighted by molar-refractivity contribution is 0.0686. The number of benzene rings is 1. The zero-order valence-corrected chi connectivity index (χ0v) is 14.8. The van der Waals surface area contributed by atoms with Crippen LogP contribution < -0.4 is 0 Å². The second-order valence-electron chi connectivity index (χ2n) is 6.76. The summed E-state index contributed by atoms with van der Waals surface area (Å²) >= 11 is 0. The van der Waals surface area contributed by atoms with E-state index in [4.69, 9.17) is 4.42 Å². The molecule has 0 spiro atoms. The molecule has 0 aliphatic carbocycles. The first-order valence-electron chi connectivity index (χ1n) is 8.96. The maximum absolute atomic E-state index is 12.7. The number of carbonyl (C=O) groups is 1. The number of oxazole rings is 1. The molecule has 3 heterocycles. The number of rotatable bonds is 4. The molecule has 1 aliphatic heterocycles. The topological polar surface area (TPSA) is 64.2 Å². The summed E-state index contributed by atoms with van der Waals surface area (Å²) in [6.45, 7) is 1.40. The molecule has 1 amide bonds. The lowest BCUT2D eigenvalue weighted by atomic mass is 9.97. The van der Waals surface area contributed by atoms with Crippen LogP contribution in [-0.2, 0) is 13.5 Å². The molecule has 6 heteroatoms. The zero-order chi connectivity index (χ0) is 17.9. The molecule has 0 radical (unpaired) electrons. The number of aromatic nitrogens is 3. The van der Waals surface area contributed by atoms with E-state index in [-0.39, 0.29) is 11.8 Å². The summed E-state index contributed by atoms with van der Waals surface area (Å²) < 4.78 is 7.62. The van der Waals surface area contributed by atoms with Crippen LogP contribution in [0.5, 0.6) is 0 Å². The molecule has 1 aromatic carbocycles. The molecule has 1 saturated heterocycles. The van der Waals surface area contributed by atoms with Gasteiger partial charge in [0.15, 0.2) is 5.89 Å². The predicted octanol–water partition coefficient (Wildman–Crippen LogP) is 3.02. The Hall–Kier alpha value is -2.89. The highest BCUT2D eigenvalue weighted by Gasteiger charge is 2.29. The predicted molar refractivity (Wildman–Crippen MR) is 96.8 cm³/mol. The van der Waals surface area contributed by atoms with Crippen LogP contribution in [0.1, 0.15) is 46.5 Å². The van der Waals surface area contributed by atoms with Crippen LogP contribution in [0.2, 0.25) is 0 Å². The Labute approximate surface area is 152 Å². The van der Waals surface area contributed by atoms with E-state index in [2.05, 4.69) is 22.2 Å². The number of nitrogens with zero attached hydrogens (tertiary/aromatic N) is 4. The van der Waals surface area contributed by atoms with E-state index in [1.807, 2.05) is 29.3 Å². The first-order valence-corrected chi connectivity index (χ1v) is 8.96. The summed E-state index contributed by atoms with van der Waals surface area (Å²) in [5, 5.41) is 4.09. The molecule has 1 atom stereocenters.